The van der Waals surface area contributed by atoms with Crippen molar-refractivity contribution in [3.8, 4) is 6.07 Å². The van der Waals surface area contributed by atoms with Crippen LogP contribution in [0.3, 0.4) is 0 Å². The molecular weight excluding hydrogens is 603 g/mol. The van der Waals surface area contributed by atoms with Crippen molar-refractivity contribution < 1.29 is 0 Å². The quantitative estimate of drug-likeness (QED) is 0.184. The van der Waals surface area contributed by atoms with Gasteiger partial charge in [-0.15, -0.1) is 5.10 Å². The van der Waals surface area contributed by atoms with E-state index in [9.17, 15) is 5.26 Å². The molecule has 2 N–H and O–H groups in total. The van der Waals surface area contributed by atoms with Crippen LogP contribution in [-0.2, 0) is 0 Å². The monoisotopic (exact) mass is 638 g/mol. The van der Waals surface area contributed by atoms with Gasteiger partial charge in [-0.1, -0.05) is 52.7 Å². The van der Waals surface area contributed by atoms with Crippen LogP contribution < -0.4 is 10.6 Å². The van der Waals surface area contributed by atoms with Gasteiger partial charge in [0.2, 0.25) is 0 Å². The highest BCUT2D eigenvalue weighted by atomic mass is 35.5. The van der Waals surface area contributed by atoms with Crippen LogP contribution in [0.1, 0.15) is 68.1 Å². The number of piperidine rings is 1. The van der Waals surface area contributed by atoms with E-state index in [1.54, 1.807) is 6.20 Å². The van der Waals surface area contributed by atoms with Crippen molar-refractivity contribution in [2.45, 2.75) is 58.2 Å². The summed E-state index contributed by atoms with van der Waals surface area (Å²) >= 11 is 13.1. The number of nitrogens with one attached hydrogen (secondary N) is 2. The highest BCUT2D eigenvalue weighted by molar-refractivity contribution is 6.36. The number of halogens is 2. The Morgan fingerprint density at radius 3 is 2.44 bits per heavy atom. The van der Waals surface area contributed by atoms with Crippen LogP contribution in [-0.4, -0.2) is 43.5 Å². The summed E-state index contributed by atoms with van der Waals surface area (Å²) in [5.41, 5.74) is 6.33. The van der Waals surface area contributed by atoms with Crippen molar-refractivity contribution in [1.82, 2.24) is 24.9 Å². The number of hydrogen-bond acceptors (Lipinski definition) is 7. The van der Waals surface area contributed by atoms with E-state index in [1.807, 2.05) is 78.5 Å². The maximum Gasteiger partial charge on any atom is 0.109 e. The second kappa shape index (κ2) is 12.7. The second-order valence-electron chi connectivity index (χ2n) is 12.6. The summed E-state index contributed by atoms with van der Waals surface area (Å²) in [4.78, 5) is 7.05. The molecule has 1 unspecified atom stereocenters. The van der Waals surface area contributed by atoms with Crippen LogP contribution in [0, 0.1) is 18.3 Å². The van der Waals surface area contributed by atoms with Gasteiger partial charge in [-0.25, -0.2) is 4.68 Å². The molecule has 1 aliphatic heterocycles. The van der Waals surface area contributed by atoms with Crippen molar-refractivity contribution in [1.29, 1.82) is 5.26 Å². The van der Waals surface area contributed by atoms with Crippen molar-refractivity contribution >= 4 is 51.2 Å². The molecule has 1 aliphatic rings. The SMILES string of the molecule is Cc1cccc(Nc2c(C#N)cnc3c(Cl)cc(NC(c4ccc(Cl)cc4)c4cn(C5CCN(C(C)(C)C)CC5)nn4)cc23)c1. The Morgan fingerprint density at radius 2 is 1.76 bits per heavy atom. The molecule has 3 aromatic carbocycles. The van der Waals surface area contributed by atoms with Crippen LogP contribution in [0.15, 0.2) is 73.1 Å². The number of fused-ring (bicyclic) bond motifs is 1. The van der Waals surface area contributed by atoms with Gasteiger partial charge in [0.1, 0.15) is 11.8 Å². The molecule has 5 aromatic rings. The van der Waals surface area contributed by atoms with Gasteiger partial charge < -0.3 is 10.6 Å². The zero-order valence-electron chi connectivity index (χ0n) is 25.9. The van der Waals surface area contributed by atoms with Crippen molar-refractivity contribution in [3.05, 3.63) is 105 Å². The summed E-state index contributed by atoms with van der Waals surface area (Å²) in [6, 6.07) is 21.8. The number of rotatable bonds is 7. The first-order valence-corrected chi connectivity index (χ1v) is 15.9. The summed E-state index contributed by atoms with van der Waals surface area (Å²) in [6.07, 6.45) is 5.64. The molecule has 0 aliphatic carbocycles. The van der Waals surface area contributed by atoms with E-state index >= 15 is 0 Å². The number of benzene rings is 3. The molecule has 6 rings (SSSR count). The summed E-state index contributed by atoms with van der Waals surface area (Å²) in [5, 5.41) is 28.2. The average Bonchev–Trinajstić information content (AvgIpc) is 3.51. The third-order valence-electron chi connectivity index (χ3n) is 8.46. The van der Waals surface area contributed by atoms with E-state index in [2.05, 4.69) is 57.7 Å². The van der Waals surface area contributed by atoms with E-state index in [-0.39, 0.29) is 17.6 Å². The molecule has 1 atom stereocenters. The summed E-state index contributed by atoms with van der Waals surface area (Å²) in [7, 11) is 0. The van der Waals surface area contributed by atoms with Gasteiger partial charge in [0.05, 0.1) is 40.1 Å². The van der Waals surface area contributed by atoms with Crippen molar-refractivity contribution in [2.24, 2.45) is 0 Å². The Hall–Kier alpha value is -4.16. The smallest absolute Gasteiger partial charge is 0.109 e. The fourth-order valence-corrected chi connectivity index (χ4v) is 6.38. The van der Waals surface area contributed by atoms with E-state index in [0.29, 0.717) is 26.8 Å². The molecule has 8 nitrogen and oxygen atoms in total. The molecule has 2 aromatic heterocycles. The normalized spacial score (nSPS) is 15.1. The zero-order chi connectivity index (χ0) is 31.7. The highest BCUT2D eigenvalue weighted by Gasteiger charge is 2.29. The van der Waals surface area contributed by atoms with Crippen LogP contribution in [0.2, 0.25) is 10.0 Å². The third-order valence-corrected chi connectivity index (χ3v) is 9.00. The molecule has 0 spiro atoms. The van der Waals surface area contributed by atoms with E-state index in [1.165, 1.54) is 0 Å². The second-order valence-corrected chi connectivity index (χ2v) is 13.5. The number of hydrogen-bond donors (Lipinski definition) is 2. The van der Waals surface area contributed by atoms with E-state index in [0.717, 1.165) is 59.5 Å². The maximum atomic E-state index is 9.97. The standard InChI is InChI=1S/C35H36Cl2N8/c1-22-6-5-7-26(16-22)40-32-24(19-38)20-39-34-29(32)17-27(18-30(34)37)41-33(23-8-10-25(36)11-9-23)31-21-45(43-42-31)28-12-14-44(15-13-28)35(2,3)4/h5-11,16-18,20-21,28,33,41H,12-15H2,1-4H3,(H,39,40). The molecule has 0 amide bonds. The molecule has 0 radical (unpaired) electrons. The highest BCUT2D eigenvalue weighted by Crippen LogP contribution is 2.37. The predicted molar refractivity (Wildman–Crippen MR) is 182 cm³/mol. The van der Waals surface area contributed by atoms with Gasteiger partial charge in [-0.2, -0.15) is 5.26 Å². The Bertz CT molecular complexity index is 1860. The molecular formula is C35H36Cl2N8. The lowest BCUT2D eigenvalue weighted by Crippen LogP contribution is -2.46. The summed E-state index contributed by atoms with van der Waals surface area (Å²) in [5.74, 6) is 0. The topological polar surface area (TPSA) is 94.7 Å². The molecule has 230 valence electrons. The lowest BCUT2D eigenvalue weighted by atomic mass is 9.98. The minimum absolute atomic E-state index is 0.155. The van der Waals surface area contributed by atoms with Gasteiger partial charge in [0.25, 0.3) is 0 Å². The first-order chi connectivity index (χ1) is 21.6. The van der Waals surface area contributed by atoms with E-state index < -0.39 is 0 Å². The Morgan fingerprint density at radius 1 is 1.00 bits per heavy atom. The molecule has 1 fully saturated rings. The number of aryl methyl sites for hydroxylation is 1. The summed E-state index contributed by atoms with van der Waals surface area (Å²) in [6.45, 7) is 10.9. The minimum atomic E-state index is -0.334. The van der Waals surface area contributed by atoms with Crippen LogP contribution >= 0.6 is 23.2 Å². The number of pyridine rings is 1. The molecule has 0 bridgehead atoms. The van der Waals surface area contributed by atoms with Gasteiger partial charge in [0.15, 0.2) is 0 Å². The molecule has 0 saturated carbocycles. The van der Waals surface area contributed by atoms with Crippen LogP contribution in [0.4, 0.5) is 17.1 Å². The first kappa shape index (κ1) is 30.8. The lowest BCUT2D eigenvalue weighted by molar-refractivity contribution is 0.0866. The Balaban J connectivity index is 1.36. The predicted octanol–water partition coefficient (Wildman–Crippen LogP) is 8.69. The fraction of sp³-hybridized carbons (Fsp3) is 0.314. The number of nitriles is 1. The minimum Gasteiger partial charge on any atom is -0.373 e. The zero-order valence-corrected chi connectivity index (χ0v) is 27.4. The lowest BCUT2D eigenvalue weighted by Gasteiger charge is -2.40. The van der Waals surface area contributed by atoms with E-state index in [4.69, 9.17) is 23.2 Å². The van der Waals surface area contributed by atoms with Crippen molar-refractivity contribution in [3.63, 3.8) is 0 Å². The Labute approximate surface area is 274 Å². The number of aromatic nitrogens is 4. The fourth-order valence-electron chi connectivity index (χ4n) is 5.98. The van der Waals surface area contributed by atoms with Gasteiger partial charge in [-0.3, -0.25) is 9.88 Å². The molecule has 45 heavy (non-hydrogen) atoms. The van der Waals surface area contributed by atoms with Gasteiger partial charge in [0, 0.05) is 46.6 Å². The molecule has 3 heterocycles. The molecule has 1 saturated heterocycles. The third kappa shape index (κ3) is 6.76. The molecule has 10 heteroatoms. The van der Waals surface area contributed by atoms with Crippen molar-refractivity contribution in [2.75, 3.05) is 23.7 Å². The summed E-state index contributed by atoms with van der Waals surface area (Å²) < 4.78 is 2.01. The largest absolute Gasteiger partial charge is 0.373 e. The van der Waals surface area contributed by atoms with Gasteiger partial charge in [-0.05, 0) is 88.1 Å². The average molecular weight is 640 g/mol. The van der Waals surface area contributed by atoms with Gasteiger partial charge >= 0.3 is 0 Å². The van der Waals surface area contributed by atoms with Crippen LogP contribution in [0.5, 0.6) is 0 Å². The maximum absolute atomic E-state index is 9.97. The number of nitrogens with zero attached hydrogens (tertiary/aromatic N) is 6. The Kier molecular flexibility index (Phi) is 8.69. The van der Waals surface area contributed by atoms with Crippen LogP contribution in [0.25, 0.3) is 10.9 Å². The first-order valence-electron chi connectivity index (χ1n) is 15.1. The number of likely N-dealkylation sites (tertiary alicyclic amines) is 1. The number of anilines is 3.